The molecule has 1 saturated carbocycles. The molecule has 1 heterocycles. The van der Waals surface area contributed by atoms with E-state index in [2.05, 4.69) is 10.6 Å². The lowest BCUT2D eigenvalue weighted by Crippen LogP contribution is -2.63. The van der Waals surface area contributed by atoms with Crippen molar-refractivity contribution in [3.8, 4) is 0 Å². The Hall–Kier alpha value is -1.88. The number of hydrogen-bond acceptors (Lipinski definition) is 3. The molecule has 0 bridgehead atoms. The van der Waals surface area contributed by atoms with Crippen LogP contribution in [0.4, 0.5) is 0 Å². The number of hydrogen-bond donors (Lipinski definition) is 2. The van der Waals surface area contributed by atoms with Crippen LogP contribution >= 0.6 is 0 Å². The van der Waals surface area contributed by atoms with Gasteiger partial charge in [0.1, 0.15) is 12.1 Å². The minimum atomic E-state index is -0.582. The predicted molar refractivity (Wildman–Crippen MR) is 72.7 cm³/mol. The van der Waals surface area contributed by atoms with Gasteiger partial charge < -0.3 is 15.4 Å². The van der Waals surface area contributed by atoms with E-state index >= 15 is 0 Å². The van der Waals surface area contributed by atoms with Crippen molar-refractivity contribution in [3.63, 3.8) is 0 Å². The van der Waals surface area contributed by atoms with Crippen molar-refractivity contribution in [3.05, 3.63) is 35.9 Å². The summed E-state index contributed by atoms with van der Waals surface area (Å²) < 4.78 is 5.51. The smallest absolute Gasteiger partial charge is 0.245 e. The first kappa shape index (κ1) is 13.1. The van der Waals surface area contributed by atoms with Gasteiger partial charge in [0.15, 0.2) is 0 Å². The number of carbonyl (C=O) groups excluding carboxylic acids is 2. The zero-order valence-corrected chi connectivity index (χ0v) is 11.2. The molecule has 2 fully saturated rings. The van der Waals surface area contributed by atoms with E-state index in [4.69, 9.17) is 4.74 Å². The molecule has 0 spiro atoms. The van der Waals surface area contributed by atoms with E-state index in [0.29, 0.717) is 12.5 Å². The fraction of sp³-hybridized carbons (Fsp3) is 0.467. The Morgan fingerprint density at radius 3 is 2.50 bits per heavy atom. The molecule has 0 radical (unpaired) electrons. The summed E-state index contributed by atoms with van der Waals surface area (Å²) >= 11 is 0. The molecule has 1 aromatic rings. The Morgan fingerprint density at radius 2 is 1.80 bits per heavy atom. The first-order valence-corrected chi connectivity index (χ1v) is 6.96. The highest BCUT2D eigenvalue weighted by molar-refractivity contribution is 5.97. The van der Waals surface area contributed by atoms with Crippen molar-refractivity contribution >= 4 is 11.8 Å². The zero-order chi connectivity index (χ0) is 13.9. The minimum Gasteiger partial charge on any atom is -0.374 e. The second-order valence-corrected chi connectivity index (χ2v) is 5.39. The van der Waals surface area contributed by atoms with E-state index in [1.54, 1.807) is 0 Å². The number of ether oxygens (including phenoxy) is 1. The van der Waals surface area contributed by atoms with E-state index in [9.17, 15) is 9.59 Å². The first-order valence-electron chi connectivity index (χ1n) is 6.96. The van der Waals surface area contributed by atoms with Crippen molar-refractivity contribution in [2.45, 2.75) is 31.5 Å². The topological polar surface area (TPSA) is 67.4 Å². The summed E-state index contributed by atoms with van der Waals surface area (Å²) in [5.74, 6) is 0.0973. The van der Waals surface area contributed by atoms with Crippen LogP contribution in [0.15, 0.2) is 30.3 Å². The summed E-state index contributed by atoms with van der Waals surface area (Å²) in [4.78, 5) is 23.8. The SMILES string of the molecule is O=C1N[C@@H](COCc2ccccc2)C(=O)NC1C1CC1. The van der Waals surface area contributed by atoms with Gasteiger partial charge in [0.05, 0.1) is 13.2 Å². The molecule has 3 rings (SSSR count). The molecule has 2 amide bonds. The van der Waals surface area contributed by atoms with Gasteiger partial charge in [-0.05, 0) is 24.3 Å². The van der Waals surface area contributed by atoms with Crippen LogP contribution in [0.5, 0.6) is 0 Å². The van der Waals surface area contributed by atoms with E-state index in [-0.39, 0.29) is 24.5 Å². The number of piperazine rings is 1. The number of amides is 2. The molecule has 2 aliphatic rings. The molecule has 2 N–H and O–H groups in total. The highest BCUT2D eigenvalue weighted by Gasteiger charge is 2.42. The monoisotopic (exact) mass is 274 g/mol. The Balaban J connectivity index is 1.48. The van der Waals surface area contributed by atoms with Gasteiger partial charge in [-0.1, -0.05) is 30.3 Å². The molecule has 5 heteroatoms. The second kappa shape index (κ2) is 5.63. The quantitative estimate of drug-likeness (QED) is 0.826. The Kier molecular flexibility index (Phi) is 3.69. The highest BCUT2D eigenvalue weighted by atomic mass is 16.5. The molecule has 1 saturated heterocycles. The molecule has 5 nitrogen and oxygen atoms in total. The standard InChI is InChI=1S/C15H18N2O3/c18-14-12(9-20-8-10-4-2-1-3-5-10)16-15(19)13(17-14)11-6-7-11/h1-5,11-13H,6-9H2,(H,16,19)(H,17,18)/t12-,13?/m0/s1. The first-order chi connectivity index (χ1) is 9.74. The third-order valence-electron chi connectivity index (χ3n) is 3.70. The molecule has 0 aromatic heterocycles. The molecule has 1 unspecified atom stereocenters. The van der Waals surface area contributed by atoms with Crippen LogP contribution in [0.25, 0.3) is 0 Å². The highest BCUT2D eigenvalue weighted by Crippen LogP contribution is 2.33. The summed E-state index contributed by atoms with van der Waals surface area (Å²) in [6.45, 7) is 0.635. The van der Waals surface area contributed by atoms with Gasteiger partial charge >= 0.3 is 0 Å². The Bertz CT molecular complexity index is 499. The molecule has 1 aliphatic carbocycles. The summed E-state index contributed by atoms with van der Waals surface area (Å²) in [6, 6.07) is 8.82. The molecule has 2 atom stereocenters. The van der Waals surface area contributed by atoms with Gasteiger partial charge in [-0.3, -0.25) is 9.59 Å². The van der Waals surface area contributed by atoms with Crippen molar-refractivity contribution < 1.29 is 14.3 Å². The maximum atomic E-state index is 11.9. The van der Waals surface area contributed by atoms with Crippen molar-refractivity contribution in [1.82, 2.24) is 10.6 Å². The minimum absolute atomic E-state index is 0.0830. The van der Waals surface area contributed by atoms with Crippen LogP contribution in [0.2, 0.25) is 0 Å². The van der Waals surface area contributed by atoms with E-state index in [0.717, 1.165) is 18.4 Å². The number of benzene rings is 1. The summed E-state index contributed by atoms with van der Waals surface area (Å²) in [6.07, 6.45) is 2.04. The number of rotatable bonds is 5. The van der Waals surface area contributed by atoms with Crippen LogP contribution in [0.3, 0.4) is 0 Å². The predicted octanol–water partition coefficient (Wildman–Crippen LogP) is 0.596. The average Bonchev–Trinajstić information content (AvgIpc) is 3.28. The van der Waals surface area contributed by atoms with Crippen molar-refractivity contribution in [1.29, 1.82) is 0 Å². The van der Waals surface area contributed by atoms with Gasteiger partial charge in [0, 0.05) is 0 Å². The third kappa shape index (κ3) is 2.99. The summed E-state index contributed by atoms with van der Waals surface area (Å²) in [5, 5.41) is 5.54. The van der Waals surface area contributed by atoms with Crippen LogP contribution < -0.4 is 10.6 Å². The molecular formula is C15H18N2O3. The second-order valence-electron chi connectivity index (χ2n) is 5.39. The summed E-state index contributed by atoms with van der Waals surface area (Å²) in [7, 11) is 0. The molecule has 20 heavy (non-hydrogen) atoms. The van der Waals surface area contributed by atoms with Gasteiger partial charge in [0.25, 0.3) is 0 Å². The van der Waals surface area contributed by atoms with E-state index in [1.165, 1.54) is 0 Å². The van der Waals surface area contributed by atoms with Gasteiger partial charge in [-0.2, -0.15) is 0 Å². The maximum absolute atomic E-state index is 11.9. The van der Waals surface area contributed by atoms with E-state index in [1.807, 2.05) is 30.3 Å². The van der Waals surface area contributed by atoms with Gasteiger partial charge in [0.2, 0.25) is 11.8 Å². The molecule has 1 aliphatic heterocycles. The van der Waals surface area contributed by atoms with Crippen LogP contribution in [-0.4, -0.2) is 30.5 Å². The lowest BCUT2D eigenvalue weighted by atomic mass is 10.1. The van der Waals surface area contributed by atoms with E-state index < -0.39 is 6.04 Å². The fourth-order valence-corrected chi connectivity index (χ4v) is 2.39. The van der Waals surface area contributed by atoms with Gasteiger partial charge in [-0.25, -0.2) is 0 Å². The normalized spacial score (nSPS) is 26.0. The molecule has 106 valence electrons. The fourth-order valence-electron chi connectivity index (χ4n) is 2.39. The van der Waals surface area contributed by atoms with Crippen molar-refractivity contribution in [2.75, 3.05) is 6.61 Å². The zero-order valence-electron chi connectivity index (χ0n) is 11.2. The lowest BCUT2D eigenvalue weighted by molar-refractivity contribution is -0.139. The number of nitrogens with one attached hydrogen (secondary N) is 2. The van der Waals surface area contributed by atoms with Gasteiger partial charge in [-0.15, -0.1) is 0 Å². The molecular weight excluding hydrogens is 256 g/mol. The largest absolute Gasteiger partial charge is 0.374 e. The van der Waals surface area contributed by atoms with Crippen molar-refractivity contribution in [2.24, 2.45) is 5.92 Å². The molecule has 1 aromatic carbocycles. The lowest BCUT2D eigenvalue weighted by Gasteiger charge is -2.29. The van der Waals surface area contributed by atoms with Crippen LogP contribution in [0, 0.1) is 5.92 Å². The average molecular weight is 274 g/mol. The third-order valence-corrected chi connectivity index (χ3v) is 3.70. The maximum Gasteiger partial charge on any atom is 0.245 e. The Morgan fingerprint density at radius 1 is 1.05 bits per heavy atom. The van der Waals surface area contributed by atoms with Crippen LogP contribution in [-0.2, 0) is 20.9 Å². The van der Waals surface area contributed by atoms with Crippen LogP contribution in [0.1, 0.15) is 18.4 Å². The summed E-state index contributed by atoms with van der Waals surface area (Å²) in [5.41, 5.74) is 1.05. The Labute approximate surface area is 117 Å². The number of carbonyl (C=O) groups is 2.